The van der Waals surface area contributed by atoms with Crippen LogP contribution in [0.25, 0.3) is 10.9 Å². The standard InChI is InChI=1S/C11H9BrClNO/c1-6(15)10-5-9(13)8-3-2-7(12)4-11(8)14-10/h2-6,15H,1H3. The van der Waals surface area contributed by atoms with Crippen molar-refractivity contribution < 1.29 is 5.11 Å². The molecule has 0 saturated carbocycles. The Hall–Kier alpha value is -0.640. The molecule has 1 aromatic carbocycles. The fourth-order valence-electron chi connectivity index (χ4n) is 1.39. The fourth-order valence-corrected chi connectivity index (χ4v) is 2.01. The SMILES string of the molecule is CC(O)c1cc(Cl)c2ccc(Br)cc2n1. The zero-order valence-corrected chi connectivity index (χ0v) is 10.4. The van der Waals surface area contributed by atoms with Crippen LogP contribution in [0.2, 0.25) is 5.02 Å². The third-order valence-electron chi connectivity index (χ3n) is 2.17. The van der Waals surface area contributed by atoms with Gasteiger partial charge in [-0.05, 0) is 25.1 Å². The molecule has 0 saturated heterocycles. The first-order valence-corrected chi connectivity index (χ1v) is 5.69. The predicted molar refractivity (Wildman–Crippen MR) is 65.1 cm³/mol. The molecule has 0 aliphatic carbocycles. The number of rotatable bonds is 1. The van der Waals surface area contributed by atoms with Crippen LogP contribution in [0, 0.1) is 0 Å². The Balaban J connectivity index is 2.74. The maximum absolute atomic E-state index is 9.44. The average molecular weight is 287 g/mol. The number of hydrogen-bond acceptors (Lipinski definition) is 2. The number of aromatic nitrogens is 1. The largest absolute Gasteiger partial charge is 0.387 e. The molecule has 0 radical (unpaired) electrons. The summed E-state index contributed by atoms with van der Waals surface area (Å²) in [6.45, 7) is 1.67. The van der Waals surface area contributed by atoms with Gasteiger partial charge in [0.05, 0.1) is 22.3 Å². The third-order valence-corrected chi connectivity index (χ3v) is 2.98. The highest BCUT2D eigenvalue weighted by Gasteiger charge is 2.08. The highest BCUT2D eigenvalue weighted by atomic mass is 79.9. The van der Waals surface area contributed by atoms with Crippen LogP contribution in [-0.4, -0.2) is 10.1 Å². The van der Waals surface area contributed by atoms with Crippen molar-refractivity contribution in [2.45, 2.75) is 13.0 Å². The van der Waals surface area contributed by atoms with Gasteiger partial charge in [-0.3, -0.25) is 0 Å². The summed E-state index contributed by atoms with van der Waals surface area (Å²) >= 11 is 9.47. The second kappa shape index (κ2) is 4.08. The molecule has 0 aliphatic rings. The van der Waals surface area contributed by atoms with Gasteiger partial charge in [0.15, 0.2) is 0 Å². The lowest BCUT2D eigenvalue weighted by molar-refractivity contribution is 0.195. The van der Waals surface area contributed by atoms with Crippen molar-refractivity contribution in [3.8, 4) is 0 Å². The van der Waals surface area contributed by atoms with Crippen LogP contribution in [-0.2, 0) is 0 Å². The number of hydrogen-bond donors (Lipinski definition) is 1. The fraction of sp³-hybridized carbons (Fsp3) is 0.182. The van der Waals surface area contributed by atoms with E-state index in [1.54, 1.807) is 13.0 Å². The number of halogens is 2. The van der Waals surface area contributed by atoms with Gasteiger partial charge in [0.2, 0.25) is 0 Å². The van der Waals surface area contributed by atoms with Gasteiger partial charge in [-0.1, -0.05) is 33.6 Å². The van der Waals surface area contributed by atoms with Crippen molar-refractivity contribution in [1.29, 1.82) is 0 Å². The molecule has 1 aromatic heterocycles. The van der Waals surface area contributed by atoms with E-state index in [-0.39, 0.29) is 0 Å². The van der Waals surface area contributed by atoms with Crippen molar-refractivity contribution in [2.75, 3.05) is 0 Å². The molecule has 0 fully saturated rings. The molecule has 0 bridgehead atoms. The monoisotopic (exact) mass is 285 g/mol. The summed E-state index contributed by atoms with van der Waals surface area (Å²) in [5.41, 5.74) is 1.37. The van der Waals surface area contributed by atoms with E-state index in [0.717, 1.165) is 15.4 Å². The van der Waals surface area contributed by atoms with Gasteiger partial charge >= 0.3 is 0 Å². The summed E-state index contributed by atoms with van der Waals surface area (Å²) in [5.74, 6) is 0. The lowest BCUT2D eigenvalue weighted by Crippen LogP contribution is -1.96. The van der Waals surface area contributed by atoms with E-state index in [4.69, 9.17) is 11.6 Å². The van der Waals surface area contributed by atoms with Crippen LogP contribution < -0.4 is 0 Å². The number of aliphatic hydroxyl groups is 1. The van der Waals surface area contributed by atoms with Crippen LogP contribution in [0.3, 0.4) is 0 Å². The zero-order valence-electron chi connectivity index (χ0n) is 8.04. The minimum atomic E-state index is -0.606. The van der Waals surface area contributed by atoms with Crippen molar-refractivity contribution in [3.63, 3.8) is 0 Å². The summed E-state index contributed by atoms with van der Waals surface area (Å²) in [6, 6.07) is 7.40. The van der Waals surface area contributed by atoms with Crippen molar-refractivity contribution in [1.82, 2.24) is 4.98 Å². The Morgan fingerprint density at radius 2 is 2.13 bits per heavy atom. The van der Waals surface area contributed by atoms with Gasteiger partial charge in [-0.15, -0.1) is 0 Å². The summed E-state index contributed by atoms with van der Waals surface area (Å²) in [7, 11) is 0. The first-order chi connectivity index (χ1) is 7.08. The molecular formula is C11H9BrClNO. The van der Waals surface area contributed by atoms with E-state index in [1.165, 1.54) is 0 Å². The second-order valence-corrected chi connectivity index (χ2v) is 4.69. The van der Waals surface area contributed by atoms with E-state index >= 15 is 0 Å². The lowest BCUT2D eigenvalue weighted by Gasteiger charge is -2.07. The molecule has 15 heavy (non-hydrogen) atoms. The first-order valence-electron chi connectivity index (χ1n) is 4.51. The average Bonchev–Trinajstić information content (AvgIpc) is 2.16. The molecule has 1 unspecified atom stereocenters. The molecule has 0 aliphatic heterocycles. The molecule has 1 N–H and O–H groups in total. The Morgan fingerprint density at radius 3 is 2.80 bits per heavy atom. The summed E-state index contributed by atoms with van der Waals surface area (Å²) in [4.78, 5) is 4.33. The molecule has 2 rings (SSSR count). The Morgan fingerprint density at radius 1 is 1.40 bits per heavy atom. The van der Waals surface area contributed by atoms with Gasteiger partial charge in [-0.2, -0.15) is 0 Å². The second-order valence-electron chi connectivity index (χ2n) is 3.37. The van der Waals surface area contributed by atoms with Gasteiger partial charge in [0, 0.05) is 9.86 Å². The number of nitrogens with zero attached hydrogens (tertiary/aromatic N) is 1. The molecule has 0 spiro atoms. The molecule has 2 aromatic rings. The van der Waals surface area contributed by atoms with Gasteiger partial charge < -0.3 is 5.11 Å². The van der Waals surface area contributed by atoms with E-state index in [2.05, 4.69) is 20.9 Å². The van der Waals surface area contributed by atoms with Gasteiger partial charge in [0.1, 0.15) is 0 Å². The third kappa shape index (κ3) is 2.14. The maximum atomic E-state index is 9.44. The quantitative estimate of drug-likeness (QED) is 0.867. The highest BCUT2D eigenvalue weighted by molar-refractivity contribution is 9.10. The molecule has 0 amide bonds. The highest BCUT2D eigenvalue weighted by Crippen LogP contribution is 2.27. The molecule has 4 heteroatoms. The molecular weight excluding hydrogens is 277 g/mol. The number of aliphatic hydroxyl groups excluding tert-OH is 1. The number of benzene rings is 1. The van der Waals surface area contributed by atoms with Crippen molar-refractivity contribution >= 4 is 38.4 Å². The molecule has 1 heterocycles. The Kier molecular flexibility index (Phi) is 2.96. The first kappa shape index (κ1) is 10.9. The summed E-state index contributed by atoms with van der Waals surface area (Å²) in [6.07, 6.45) is -0.606. The minimum absolute atomic E-state index is 0.589. The molecule has 78 valence electrons. The van der Waals surface area contributed by atoms with E-state index < -0.39 is 6.10 Å². The van der Waals surface area contributed by atoms with E-state index in [9.17, 15) is 5.11 Å². The van der Waals surface area contributed by atoms with Crippen LogP contribution >= 0.6 is 27.5 Å². The van der Waals surface area contributed by atoms with Gasteiger partial charge in [-0.25, -0.2) is 4.98 Å². The number of pyridine rings is 1. The molecule has 1 atom stereocenters. The van der Waals surface area contributed by atoms with Crippen LogP contribution in [0.5, 0.6) is 0 Å². The van der Waals surface area contributed by atoms with E-state index in [0.29, 0.717) is 10.7 Å². The summed E-state index contributed by atoms with van der Waals surface area (Å²) in [5, 5.41) is 11.0. The topological polar surface area (TPSA) is 33.1 Å². The Labute approximate surface area is 101 Å². The van der Waals surface area contributed by atoms with E-state index in [1.807, 2.05) is 18.2 Å². The van der Waals surface area contributed by atoms with Crippen LogP contribution in [0.1, 0.15) is 18.7 Å². The Bertz CT molecular complexity index is 513. The normalized spacial score (nSPS) is 13.1. The van der Waals surface area contributed by atoms with Crippen LogP contribution in [0.15, 0.2) is 28.7 Å². The smallest absolute Gasteiger partial charge is 0.0932 e. The number of fused-ring (bicyclic) bond motifs is 1. The zero-order chi connectivity index (χ0) is 11.0. The van der Waals surface area contributed by atoms with Crippen LogP contribution in [0.4, 0.5) is 0 Å². The maximum Gasteiger partial charge on any atom is 0.0932 e. The minimum Gasteiger partial charge on any atom is -0.387 e. The van der Waals surface area contributed by atoms with Crippen molar-refractivity contribution in [3.05, 3.63) is 39.5 Å². The lowest BCUT2D eigenvalue weighted by atomic mass is 10.1. The van der Waals surface area contributed by atoms with Gasteiger partial charge in [0.25, 0.3) is 0 Å². The molecule has 2 nitrogen and oxygen atoms in total. The predicted octanol–water partition coefficient (Wildman–Crippen LogP) is 3.70. The van der Waals surface area contributed by atoms with Crippen molar-refractivity contribution in [2.24, 2.45) is 0 Å². The summed E-state index contributed by atoms with van der Waals surface area (Å²) < 4.78 is 0.946.